The Labute approximate surface area is 126 Å². The fraction of sp³-hybridized carbons (Fsp3) is 0.250. The first-order valence-corrected chi connectivity index (χ1v) is 7.42. The molecule has 0 bridgehead atoms. The van der Waals surface area contributed by atoms with Crippen molar-refractivity contribution in [3.63, 3.8) is 0 Å². The molecule has 0 saturated heterocycles. The van der Waals surface area contributed by atoms with Gasteiger partial charge in [0.05, 0.1) is 13.2 Å². The van der Waals surface area contributed by atoms with Crippen molar-refractivity contribution in [2.45, 2.75) is 13.2 Å². The SMILES string of the molecule is OCc1ccc(Br)cc1N1CCOc2ccccc2C1. The predicted octanol–water partition coefficient (Wildman–Crippen LogP) is 3.34. The molecule has 1 aliphatic heterocycles. The molecule has 0 amide bonds. The van der Waals surface area contributed by atoms with E-state index in [-0.39, 0.29) is 6.61 Å². The second-order valence-electron chi connectivity index (χ2n) is 4.81. The maximum absolute atomic E-state index is 9.53. The van der Waals surface area contributed by atoms with Crippen LogP contribution in [0.25, 0.3) is 0 Å². The molecule has 4 heteroatoms. The highest BCUT2D eigenvalue weighted by molar-refractivity contribution is 9.10. The Morgan fingerprint density at radius 1 is 1.20 bits per heavy atom. The summed E-state index contributed by atoms with van der Waals surface area (Å²) in [6, 6.07) is 14.1. The average Bonchev–Trinajstić information content (AvgIpc) is 2.69. The van der Waals surface area contributed by atoms with Gasteiger partial charge in [-0.25, -0.2) is 0 Å². The number of fused-ring (bicyclic) bond motifs is 1. The first-order valence-electron chi connectivity index (χ1n) is 6.63. The van der Waals surface area contributed by atoms with E-state index in [2.05, 4.69) is 33.0 Å². The maximum atomic E-state index is 9.53. The van der Waals surface area contributed by atoms with E-state index >= 15 is 0 Å². The third kappa shape index (κ3) is 2.67. The van der Waals surface area contributed by atoms with Crippen molar-refractivity contribution < 1.29 is 9.84 Å². The van der Waals surface area contributed by atoms with Crippen molar-refractivity contribution >= 4 is 21.6 Å². The second-order valence-corrected chi connectivity index (χ2v) is 5.72. The van der Waals surface area contributed by atoms with Crippen LogP contribution in [0.3, 0.4) is 0 Å². The third-order valence-corrected chi connectivity index (χ3v) is 4.00. The first-order chi connectivity index (χ1) is 9.78. The summed E-state index contributed by atoms with van der Waals surface area (Å²) in [7, 11) is 0. The Morgan fingerprint density at radius 2 is 2.05 bits per heavy atom. The van der Waals surface area contributed by atoms with Crippen LogP contribution in [0.4, 0.5) is 5.69 Å². The van der Waals surface area contributed by atoms with Gasteiger partial charge in [-0.15, -0.1) is 0 Å². The van der Waals surface area contributed by atoms with Crippen molar-refractivity contribution in [1.29, 1.82) is 0 Å². The fourth-order valence-corrected chi connectivity index (χ4v) is 2.85. The molecule has 0 aromatic heterocycles. The number of hydrogen-bond acceptors (Lipinski definition) is 3. The summed E-state index contributed by atoms with van der Waals surface area (Å²) in [6.07, 6.45) is 0. The van der Waals surface area contributed by atoms with E-state index in [1.807, 2.05) is 30.3 Å². The van der Waals surface area contributed by atoms with Crippen molar-refractivity contribution in [2.24, 2.45) is 0 Å². The van der Waals surface area contributed by atoms with Gasteiger partial charge in [0.2, 0.25) is 0 Å². The van der Waals surface area contributed by atoms with E-state index in [0.717, 1.165) is 34.6 Å². The smallest absolute Gasteiger partial charge is 0.124 e. The monoisotopic (exact) mass is 333 g/mol. The van der Waals surface area contributed by atoms with Gasteiger partial charge in [0.15, 0.2) is 0 Å². The van der Waals surface area contributed by atoms with Crippen molar-refractivity contribution in [2.75, 3.05) is 18.1 Å². The molecule has 0 atom stereocenters. The highest BCUT2D eigenvalue weighted by Gasteiger charge is 2.17. The van der Waals surface area contributed by atoms with Gasteiger partial charge >= 0.3 is 0 Å². The lowest BCUT2D eigenvalue weighted by Gasteiger charge is -2.24. The van der Waals surface area contributed by atoms with Gasteiger partial charge < -0.3 is 14.7 Å². The number of anilines is 1. The fourth-order valence-electron chi connectivity index (χ4n) is 2.50. The molecule has 0 aliphatic carbocycles. The zero-order valence-corrected chi connectivity index (χ0v) is 12.6. The molecule has 0 fully saturated rings. The minimum Gasteiger partial charge on any atom is -0.491 e. The number of halogens is 1. The van der Waals surface area contributed by atoms with Crippen LogP contribution >= 0.6 is 15.9 Å². The average molecular weight is 334 g/mol. The Morgan fingerprint density at radius 3 is 2.90 bits per heavy atom. The van der Waals surface area contributed by atoms with E-state index in [1.54, 1.807) is 0 Å². The highest BCUT2D eigenvalue weighted by atomic mass is 79.9. The lowest BCUT2D eigenvalue weighted by atomic mass is 10.1. The number of aliphatic hydroxyl groups is 1. The molecule has 1 aliphatic rings. The number of rotatable bonds is 2. The zero-order chi connectivity index (χ0) is 13.9. The summed E-state index contributed by atoms with van der Waals surface area (Å²) in [6.45, 7) is 2.29. The Kier molecular flexibility index (Phi) is 3.94. The number of aliphatic hydroxyl groups excluding tert-OH is 1. The van der Waals surface area contributed by atoms with E-state index in [0.29, 0.717) is 6.61 Å². The lowest BCUT2D eigenvalue weighted by molar-refractivity contribution is 0.281. The van der Waals surface area contributed by atoms with Gasteiger partial charge in [0.25, 0.3) is 0 Å². The number of hydrogen-bond donors (Lipinski definition) is 1. The van der Waals surface area contributed by atoms with Gasteiger partial charge in [-0.3, -0.25) is 0 Å². The molecule has 2 aromatic rings. The Balaban J connectivity index is 1.97. The van der Waals surface area contributed by atoms with Crippen LogP contribution in [0.5, 0.6) is 5.75 Å². The van der Waals surface area contributed by atoms with Crippen LogP contribution in [0.1, 0.15) is 11.1 Å². The summed E-state index contributed by atoms with van der Waals surface area (Å²) in [5.74, 6) is 0.954. The minimum absolute atomic E-state index is 0.0433. The summed E-state index contributed by atoms with van der Waals surface area (Å²) >= 11 is 3.50. The maximum Gasteiger partial charge on any atom is 0.124 e. The first kappa shape index (κ1) is 13.5. The molecule has 3 rings (SSSR count). The predicted molar refractivity (Wildman–Crippen MR) is 83.1 cm³/mol. The van der Waals surface area contributed by atoms with Gasteiger partial charge in [0, 0.05) is 27.8 Å². The number of nitrogens with zero attached hydrogens (tertiary/aromatic N) is 1. The van der Waals surface area contributed by atoms with Crippen molar-refractivity contribution in [1.82, 2.24) is 0 Å². The molecule has 1 heterocycles. The molecule has 3 nitrogen and oxygen atoms in total. The topological polar surface area (TPSA) is 32.7 Å². The van der Waals surface area contributed by atoms with Crippen LogP contribution in [0, 0.1) is 0 Å². The molecular weight excluding hydrogens is 318 g/mol. The lowest BCUT2D eigenvalue weighted by Crippen LogP contribution is -2.26. The van der Waals surface area contributed by atoms with Crippen LogP contribution < -0.4 is 9.64 Å². The van der Waals surface area contributed by atoms with E-state index < -0.39 is 0 Å². The summed E-state index contributed by atoms with van der Waals surface area (Å²) in [4.78, 5) is 2.25. The van der Waals surface area contributed by atoms with Crippen LogP contribution in [0.2, 0.25) is 0 Å². The molecular formula is C16H16BrNO2. The third-order valence-electron chi connectivity index (χ3n) is 3.51. The van der Waals surface area contributed by atoms with Crippen molar-refractivity contribution in [3.05, 3.63) is 58.1 Å². The Bertz CT molecular complexity index is 615. The Hall–Kier alpha value is -1.52. The number of ether oxygens (including phenoxy) is 1. The highest BCUT2D eigenvalue weighted by Crippen LogP contribution is 2.30. The minimum atomic E-state index is 0.0433. The second kappa shape index (κ2) is 5.85. The van der Waals surface area contributed by atoms with Gasteiger partial charge in [-0.2, -0.15) is 0 Å². The molecule has 2 aromatic carbocycles. The quantitative estimate of drug-likeness (QED) is 0.914. The van der Waals surface area contributed by atoms with E-state index in [4.69, 9.17) is 4.74 Å². The molecule has 1 N–H and O–H groups in total. The molecule has 0 spiro atoms. The molecule has 0 saturated carbocycles. The van der Waals surface area contributed by atoms with Crippen LogP contribution in [-0.4, -0.2) is 18.3 Å². The van der Waals surface area contributed by atoms with Gasteiger partial charge in [0.1, 0.15) is 12.4 Å². The summed E-state index contributed by atoms with van der Waals surface area (Å²) in [5, 5.41) is 9.53. The van der Waals surface area contributed by atoms with Crippen molar-refractivity contribution in [3.8, 4) is 5.75 Å². The molecule has 0 unspecified atom stereocenters. The molecule has 20 heavy (non-hydrogen) atoms. The van der Waals surface area contributed by atoms with E-state index in [9.17, 15) is 5.11 Å². The van der Waals surface area contributed by atoms with Crippen LogP contribution in [0.15, 0.2) is 46.9 Å². The number of benzene rings is 2. The van der Waals surface area contributed by atoms with E-state index in [1.165, 1.54) is 5.56 Å². The van der Waals surface area contributed by atoms with Crippen LogP contribution in [-0.2, 0) is 13.2 Å². The number of para-hydroxylation sites is 1. The zero-order valence-electron chi connectivity index (χ0n) is 11.1. The molecule has 104 valence electrons. The van der Waals surface area contributed by atoms with Gasteiger partial charge in [-0.05, 0) is 18.2 Å². The van der Waals surface area contributed by atoms with Gasteiger partial charge in [-0.1, -0.05) is 40.2 Å². The standard InChI is InChI=1S/C16H16BrNO2/c17-14-6-5-13(11-19)15(9-14)18-7-8-20-16-4-2-1-3-12(16)10-18/h1-6,9,19H,7-8,10-11H2. The summed E-state index contributed by atoms with van der Waals surface area (Å²) in [5.41, 5.74) is 3.17. The normalized spacial score (nSPS) is 14.4. The summed E-state index contributed by atoms with van der Waals surface area (Å²) < 4.78 is 6.80. The largest absolute Gasteiger partial charge is 0.491 e. The molecule has 0 radical (unpaired) electrons.